The van der Waals surface area contributed by atoms with E-state index in [4.69, 9.17) is 4.42 Å². The lowest BCUT2D eigenvalue weighted by molar-refractivity contribution is 0.454. The average Bonchev–Trinajstić information content (AvgIpc) is 3.17. The van der Waals surface area contributed by atoms with Crippen LogP contribution in [-0.2, 0) is 7.05 Å². The molecule has 0 radical (unpaired) electrons. The summed E-state index contributed by atoms with van der Waals surface area (Å²) in [7, 11) is 1.85. The smallest absolute Gasteiger partial charge is 0.262 e. The van der Waals surface area contributed by atoms with E-state index in [1.165, 1.54) is 18.1 Å². The zero-order valence-corrected chi connectivity index (χ0v) is 12.5. The van der Waals surface area contributed by atoms with Crippen LogP contribution < -0.4 is 0 Å². The van der Waals surface area contributed by atoms with Crippen LogP contribution in [-0.4, -0.2) is 24.7 Å². The van der Waals surface area contributed by atoms with Crippen LogP contribution in [0.1, 0.15) is 0 Å². The lowest BCUT2D eigenvalue weighted by atomic mass is 10.2. The molecule has 7 heteroatoms. The third-order valence-corrected chi connectivity index (χ3v) is 4.11. The van der Waals surface area contributed by atoms with Gasteiger partial charge in [0.2, 0.25) is 0 Å². The predicted molar refractivity (Wildman–Crippen MR) is 82.4 cm³/mol. The molecular formula is C15H11N5OS. The van der Waals surface area contributed by atoms with Crippen molar-refractivity contribution in [1.82, 2.24) is 24.7 Å². The second-order valence-corrected chi connectivity index (χ2v) is 5.59. The van der Waals surface area contributed by atoms with Crippen molar-refractivity contribution in [3.63, 3.8) is 0 Å². The van der Waals surface area contributed by atoms with E-state index < -0.39 is 0 Å². The lowest BCUT2D eigenvalue weighted by Crippen LogP contribution is -1.92. The predicted octanol–water partition coefficient (Wildman–Crippen LogP) is 3.17. The topological polar surface area (TPSA) is 69.6 Å². The molecule has 0 aliphatic carbocycles. The molecule has 0 aliphatic heterocycles. The van der Waals surface area contributed by atoms with Gasteiger partial charge in [-0.1, -0.05) is 30.3 Å². The molecule has 0 fully saturated rings. The second kappa shape index (κ2) is 5.27. The van der Waals surface area contributed by atoms with Crippen LogP contribution in [0.3, 0.4) is 0 Å². The van der Waals surface area contributed by atoms with Gasteiger partial charge in [0.25, 0.3) is 5.22 Å². The Bertz CT molecular complexity index is 931. The molecule has 0 spiro atoms. The number of rotatable bonds is 3. The lowest BCUT2D eigenvalue weighted by Gasteiger charge is -1.98. The Morgan fingerprint density at radius 3 is 2.86 bits per heavy atom. The number of hydrogen-bond acceptors (Lipinski definition) is 6. The van der Waals surface area contributed by atoms with E-state index in [-0.39, 0.29) is 0 Å². The minimum absolute atomic E-state index is 0.544. The Kier molecular flexibility index (Phi) is 3.12. The van der Waals surface area contributed by atoms with E-state index in [9.17, 15) is 0 Å². The molecule has 0 saturated carbocycles. The molecule has 3 heterocycles. The molecule has 0 unspecified atom stereocenters. The van der Waals surface area contributed by atoms with E-state index in [1.807, 2.05) is 37.4 Å². The SMILES string of the molecule is Cn1ncc2c(Sc3nc(-c4ccccc4)co3)ncnc21. The van der Waals surface area contributed by atoms with Crippen LogP contribution in [0.15, 0.2) is 63.8 Å². The van der Waals surface area contributed by atoms with Gasteiger partial charge in [0.05, 0.1) is 11.6 Å². The number of hydrogen-bond donors (Lipinski definition) is 0. The third kappa shape index (κ3) is 2.25. The molecule has 108 valence electrons. The molecule has 0 aliphatic rings. The van der Waals surface area contributed by atoms with Gasteiger partial charge in [0.15, 0.2) is 5.65 Å². The number of nitrogens with zero attached hydrogens (tertiary/aromatic N) is 5. The Morgan fingerprint density at radius 1 is 1.14 bits per heavy atom. The van der Waals surface area contributed by atoms with Crippen LogP contribution in [0.2, 0.25) is 0 Å². The number of oxazole rings is 1. The van der Waals surface area contributed by atoms with E-state index >= 15 is 0 Å². The van der Waals surface area contributed by atoms with Crippen LogP contribution >= 0.6 is 11.8 Å². The van der Waals surface area contributed by atoms with Crippen molar-refractivity contribution >= 4 is 22.8 Å². The molecule has 22 heavy (non-hydrogen) atoms. The third-order valence-electron chi connectivity index (χ3n) is 3.23. The molecule has 4 rings (SSSR count). The van der Waals surface area contributed by atoms with Gasteiger partial charge in [-0.3, -0.25) is 4.68 Å². The van der Waals surface area contributed by atoms with Crippen molar-refractivity contribution in [3.05, 3.63) is 49.1 Å². The number of aryl methyl sites for hydroxylation is 1. The average molecular weight is 309 g/mol. The Labute approximate surface area is 130 Å². The molecule has 0 bridgehead atoms. The van der Waals surface area contributed by atoms with Gasteiger partial charge in [-0.15, -0.1) is 0 Å². The summed E-state index contributed by atoms with van der Waals surface area (Å²) in [4.78, 5) is 13.0. The standard InChI is InChI=1S/C15H11N5OS/c1-20-13-11(7-18-20)14(17-9-16-13)22-15-19-12(8-21-15)10-5-3-2-4-6-10/h2-9H,1H3. The maximum atomic E-state index is 5.54. The maximum Gasteiger partial charge on any atom is 0.262 e. The molecule has 4 aromatic rings. The molecular weight excluding hydrogens is 298 g/mol. The number of aromatic nitrogens is 5. The molecule has 6 nitrogen and oxygen atoms in total. The van der Waals surface area contributed by atoms with Gasteiger partial charge in [0, 0.05) is 12.6 Å². The van der Waals surface area contributed by atoms with Crippen LogP contribution in [0.5, 0.6) is 0 Å². The largest absolute Gasteiger partial charge is 0.439 e. The van der Waals surface area contributed by atoms with E-state index in [1.54, 1.807) is 17.1 Å². The van der Waals surface area contributed by atoms with Gasteiger partial charge in [-0.2, -0.15) is 5.10 Å². The molecule has 1 aromatic carbocycles. The molecule has 0 saturated heterocycles. The minimum Gasteiger partial charge on any atom is -0.439 e. The normalized spacial score (nSPS) is 11.1. The highest BCUT2D eigenvalue weighted by atomic mass is 32.2. The summed E-state index contributed by atoms with van der Waals surface area (Å²) in [5.74, 6) is 0. The highest BCUT2D eigenvalue weighted by molar-refractivity contribution is 7.99. The van der Waals surface area contributed by atoms with Gasteiger partial charge in [-0.05, 0) is 11.8 Å². The minimum atomic E-state index is 0.544. The molecule has 3 aromatic heterocycles. The Hall–Kier alpha value is -2.67. The van der Waals surface area contributed by atoms with Crippen LogP contribution in [0.4, 0.5) is 0 Å². The zero-order valence-electron chi connectivity index (χ0n) is 11.7. The molecule has 0 N–H and O–H groups in total. The van der Waals surface area contributed by atoms with Crippen molar-refractivity contribution < 1.29 is 4.42 Å². The summed E-state index contributed by atoms with van der Waals surface area (Å²) in [6.07, 6.45) is 4.92. The zero-order chi connectivity index (χ0) is 14.9. The van der Waals surface area contributed by atoms with E-state index in [2.05, 4.69) is 20.1 Å². The van der Waals surface area contributed by atoms with Crippen molar-refractivity contribution in [2.24, 2.45) is 7.05 Å². The van der Waals surface area contributed by atoms with Gasteiger partial charge in [-0.25, -0.2) is 15.0 Å². The molecule has 0 amide bonds. The first-order valence-electron chi connectivity index (χ1n) is 6.63. The first-order chi connectivity index (χ1) is 10.8. The first-order valence-corrected chi connectivity index (χ1v) is 7.44. The second-order valence-electron chi connectivity index (χ2n) is 4.65. The first kappa shape index (κ1) is 13.0. The summed E-state index contributed by atoms with van der Waals surface area (Å²) in [6, 6.07) is 9.91. The number of fused-ring (bicyclic) bond motifs is 1. The fourth-order valence-electron chi connectivity index (χ4n) is 2.15. The van der Waals surface area contributed by atoms with E-state index in [0.29, 0.717) is 5.22 Å². The fourth-order valence-corrected chi connectivity index (χ4v) is 2.91. The van der Waals surface area contributed by atoms with Crippen molar-refractivity contribution in [2.75, 3.05) is 0 Å². The Morgan fingerprint density at radius 2 is 2.00 bits per heavy atom. The summed E-state index contributed by atoms with van der Waals surface area (Å²) in [5, 5.41) is 6.41. The van der Waals surface area contributed by atoms with Gasteiger partial charge >= 0.3 is 0 Å². The van der Waals surface area contributed by atoms with Crippen molar-refractivity contribution in [2.45, 2.75) is 10.2 Å². The maximum absolute atomic E-state index is 5.54. The van der Waals surface area contributed by atoms with Crippen LogP contribution in [0.25, 0.3) is 22.3 Å². The molecule has 0 atom stereocenters. The van der Waals surface area contributed by atoms with Crippen molar-refractivity contribution in [1.29, 1.82) is 0 Å². The highest BCUT2D eigenvalue weighted by Gasteiger charge is 2.13. The highest BCUT2D eigenvalue weighted by Crippen LogP contribution is 2.31. The summed E-state index contributed by atoms with van der Waals surface area (Å²) in [5.41, 5.74) is 2.61. The Balaban J connectivity index is 1.68. The number of benzene rings is 1. The van der Waals surface area contributed by atoms with Gasteiger partial charge in [0.1, 0.15) is 23.3 Å². The van der Waals surface area contributed by atoms with Crippen molar-refractivity contribution in [3.8, 4) is 11.3 Å². The monoisotopic (exact) mass is 309 g/mol. The quantitative estimate of drug-likeness (QED) is 0.541. The van der Waals surface area contributed by atoms with E-state index in [0.717, 1.165) is 27.3 Å². The summed E-state index contributed by atoms with van der Waals surface area (Å²) in [6.45, 7) is 0. The van der Waals surface area contributed by atoms with Gasteiger partial charge < -0.3 is 4.42 Å². The summed E-state index contributed by atoms with van der Waals surface area (Å²) < 4.78 is 7.26. The summed E-state index contributed by atoms with van der Waals surface area (Å²) >= 11 is 1.36. The van der Waals surface area contributed by atoms with Crippen LogP contribution in [0, 0.1) is 0 Å². The fraction of sp³-hybridized carbons (Fsp3) is 0.0667.